The number of hydrogen-bond donors (Lipinski definition) is 0. The number of aryl methyl sites for hydroxylation is 1. The molecule has 1 atom stereocenters. The van der Waals surface area contributed by atoms with Crippen LogP contribution in [0.25, 0.3) is 0 Å². The van der Waals surface area contributed by atoms with Crippen LogP contribution in [0.2, 0.25) is 0 Å². The van der Waals surface area contributed by atoms with Gasteiger partial charge in [-0.3, -0.25) is 9.48 Å². The monoisotopic (exact) mass is 236 g/mol. The molecule has 17 heavy (non-hydrogen) atoms. The Morgan fingerprint density at radius 3 is 2.82 bits per heavy atom. The van der Waals surface area contributed by atoms with E-state index in [0.717, 1.165) is 19.6 Å². The number of aromatic nitrogens is 2. The Bertz CT molecular complexity index is 401. The van der Waals surface area contributed by atoms with E-state index in [9.17, 15) is 4.79 Å². The summed E-state index contributed by atoms with van der Waals surface area (Å²) in [6.45, 7) is 3.07. The Balaban J connectivity index is 1.98. The average Bonchev–Trinajstić information content (AvgIpc) is 2.70. The number of Topliss-reactive ketones (excluding diaryl/α,β-unsaturated/α-hetero) is 1. The third-order valence-corrected chi connectivity index (χ3v) is 3.43. The van der Waals surface area contributed by atoms with Crippen LogP contribution < -0.4 is 0 Å². The molecule has 0 radical (unpaired) electrons. The average molecular weight is 236 g/mol. The van der Waals surface area contributed by atoms with Gasteiger partial charge in [0.2, 0.25) is 0 Å². The van der Waals surface area contributed by atoms with E-state index in [-0.39, 0.29) is 5.78 Å². The number of likely N-dealkylation sites (N-methyl/N-ethyl adjacent to an activating group) is 2. The normalized spacial score (nSPS) is 22.9. The molecule has 2 rings (SSSR count). The van der Waals surface area contributed by atoms with Gasteiger partial charge in [-0.25, -0.2) is 0 Å². The van der Waals surface area contributed by atoms with Gasteiger partial charge in [0, 0.05) is 45.3 Å². The highest BCUT2D eigenvalue weighted by Gasteiger charge is 2.25. The maximum absolute atomic E-state index is 12.1. The number of piperazine rings is 1. The fraction of sp³-hybridized carbons (Fsp3) is 0.667. The molecule has 1 saturated heterocycles. The Morgan fingerprint density at radius 2 is 2.18 bits per heavy atom. The van der Waals surface area contributed by atoms with E-state index >= 15 is 0 Å². The van der Waals surface area contributed by atoms with Crippen LogP contribution in [0, 0.1) is 0 Å². The van der Waals surface area contributed by atoms with Crippen molar-refractivity contribution in [3.8, 4) is 0 Å². The first-order valence-corrected chi connectivity index (χ1v) is 5.97. The van der Waals surface area contributed by atoms with Crippen molar-refractivity contribution in [2.75, 3.05) is 33.7 Å². The van der Waals surface area contributed by atoms with Crippen molar-refractivity contribution in [1.29, 1.82) is 0 Å². The van der Waals surface area contributed by atoms with Crippen molar-refractivity contribution in [1.82, 2.24) is 19.6 Å². The van der Waals surface area contributed by atoms with Crippen LogP contribution in [-0.2, 0) is 7.05 Å². The minimum Gasteiger partial charge on any atom is -0.304 e. The molecular weight excluding hydrogens is 216 g/mol. The molecule has 0 spiro atoms. The Hall–Kier alpha value is -1.20. The summed E-state index contributed by atoms with van der Waals surface area (Å²) in [4.78, 5) is 16.6. The number of carbonyl (C=O) groups is 1. The first-order chi connectivity index (χ1) is 8.06. The molecule has 1 fully saturated rings. The third kappa shape index (κ3) is 2.92. The molecule has 5 nitrogen and oxygen atoms in total. The second-order valence-electron chi connectivity index (χ2n) is 4.93. The zero-order valence-electron chi connectivity index (χ0n) is 10.8. The molecule has 0 aliphatic carbocycles. The summed E-state index contributed by atoms with van der Waals surface area (Å²) in [5.74, 6) is 0.185. The minimum atomic E-state index is 0.185. The van der Waals surface area contributed by atoms with Gasteiger partial charge in [-0.1, -0.05) is 0 Å². The van der Waals surface area contributed by atoms with Crippen LogP contribution in [-0.4, -0.2) is 65.1 Å². The maximum atomic E-state index is 12.1. The van der Waals surface area contributed by atoms with E-state index in [1.807, 2.05) is 7.05 Å². The highest BCUT2D eigenvalue weighted by Crippen LogP contribution is 2.13. The fourth-order valence-corrected chi connectivity index (χ4v) is 2.22. The van der Waals surface area contributed by atoms with Crippen LogP contribution in [0.3, 0.4) is 0 Å². The predicted molar refractivity (Wildman–Crippen MR) is 66.1 cm³/mol. The zero-order chi connectivity index (χ0) is 12.4. The van der Waals surface area contributed by atoms with Crippen molar-refractivity contribution in [3.63, 3.8) is 0 Å². The van der Waals surface area contributed by atoms with Crippen LogP contribution >= 0.6 is 0 Å². The lowest BCUT2D eigenvalue weighted by atomic mass is 10.0. The van der Waals surface area contributed by atoms with Crippen LogP contribution in [0.4, 0.5) is 0 Å². The van der Waals surface area contributed by atoms with Gasteiger partial charge < -0.3 is 9.80 Å². The molecule has 0 aromatic carbocycles. The Morgan fingerprint density at radius 1 is 1.41 bits per heavy atom. The van der Waals surface area contributed by atoms with Gasteiger partial charge in [-0.15, -0.1) is 0 Å². The van der Waals surface area contributed by atoms with Gasteiger partial charge in [0.15, 0.2) is 5.78 Å². The summed E-state index contributed by atoms with van der Waals surface area (Å²) < 4.78 is 1.67. The molecule has 0 saturated carbocycles. The number of rotatable bonds is 3. The number of carbonyl (C=O) groups excluding carboxylic acids is 1. The summed E-state index contributed by atoms with van der Waals surface area (Å²) >= 11 is 0. The van der Waals surface area contributed by atoms with E-state index in [4.69, 9.17) is 0 Å². The van der Waals surface area contributed by atoms with Crippen molar-refractivity contribution in [2.24, 2.45) is 7.05 Å². The van der Waals surface area contributed by atoms with Gasteiger partial charge in [0.1, 0.15) is 0 Å². The first kappa shape index (κ1) is 12.3. The minimum absolute atomic E-state index is 0.185. The first-order valence-electron chi connectivity index (χ1n) is 5.97. The van der Waals surface area contributed by atoms with Crippen LogP contribution in [0.5, 0.6) is 0 Å². The molecule has 0 bridgehead atoms. The van der Waals surface area contributed by atoms with Crippen LogP contribution in [0.15, 0.2) is 12.4 Å². The quantitative estimate of drug-likeness (QED) is 0.705. The van der Waals surface area contributed by atoms with Crippen LogP contribution in [0.1, 0.15) is 16.8 Å². The smallest absolute Gasteiger partial charge is 0.167 e. The molecule has 5 heteroatoms. The van der Waals surface area contributed by atoms with Crippen molar-refractivity contribution >= 4 is 5.78 Å². The molecule has 1 aromatic rings. The van der Waals surface area contributed by atoms with Gasteiger partial charge in [0.05, 0.1) is 11.8 Å². The Labute approximate surface area is 102 Å². The standard InChI is InChI=1S/C12H20N4O/c1-14-4-5-15(2)11(9-14)6-12(17)10-7-13-16(3)8-10/h7-8,11H,4-6,9H2,1-3H3. The molecule has 1 aliphatic heterocycles. The number of hydrogen-bond acceptors (Lipinski definition) is 4. The fourth-order valence-electron chi connectivity index (χ4n) is 2.22. The van der Waals surface area contributed by atoms with Crippen molar-refractivity contribution in [2.45, 2.75) is 12.5 Å². The lowest BCUT2D eigenvalue weighted by Gasteiger charge is -2.37. The highest BCUT2D eigenvalue weighted by molar-refractivity contribution is 5.96. The Kier molecular flexibility index (Phi) is 3.59. The lowest BCUT2D eigenvalue weighted by molar-refractivity contribution is 0.0810. The van der Waals surface area contributed by atoms with E-state index in [0.29, 0.717) is 18.0 Å². The summed E-state index contributed by atoms with van der Waals surface area (Å²) in [6, 6.07) is 0.321. The van der Waals surface area contributed by atoms with E-state index in [1.165, 1.54) is 0 Å². The van der Waals surface area contributed by atoms with Crippen molar-refractivity contribution in [3.05, 3.63) is 18.0 Å². The zero-order valence-corrected chi connectivity index (χ0v) is 10.8. The SMILES string of the molecule is CN1CCN(C)C(CC(=O)c2cnn(C)c2)C1. The molecule has 2 heterocycles. The van der Waals surface area contributed by atoms with Gasteiger partial charge in [0.25, 0.3) is 0 Å². The van der Waals surface area contributed by atoms with Gasteiger partial charge in [-0.2, -0.15) is 5.10 Å². The summed E-state index contributed by atoms with van der Waals surface area (Å²) in [7, 11) is 6.03. The molecule has 0 N–H and O–H groups in total. The number of nitrogens with zero attached hydrogens (tertiary/aromatic N) is 4. The topological polar surface area (TPSA) is 41.4 Å². The molecule has 1 unspecified atom stereocenters. The van der Waals surface area contributed by atoms with E-state index in [1.54, 1.807) is 17.1 Å². The largest absolute Gasteiger partial charge is 0.304 e. The second kappa shape index (κ2) is 4.98. The highest BCUT2D eigenvalue weighted by atomic mass is 16.1. The maximum Gasteiger partial charge on any atom is 0.167 e. The summed E-state index contributed by atoms with van der Waals surface area (Å²) in [5, 5.41) is 4.04. The lowest BCUT2D eigenvalue weighted by Crippen LogP contribution is -2.50. The van der Waals surface area contributed by atoms with E-state index < -0.39 is 0 Å². The van der Waals surface area contributed by atoms with Crippen molar-refractivity contribution < 1.29 is 4.79 Å². The van der Waals surface area contributed by atoms with Gasteiger partial charge >= 0.3 is 0 Å². The number of ketones is 1. The van der Waals surface area contributed by atoms with E-state index in [2.05, 4.69) is 29.0 Å². The van der Waals surface area contributed by atoms with Gasteiger partial charge in [-0.05, 0) is 14.1 Å². The summed E-state index contributed by atoms with van der Waals surface area (Å²) in [5.41, 5.74) is 0.717. The molecule has 1 aromatic heterocycles. The molecular formula is C12H20N4O. The summed E-state index contributed by atoms with van der Waals surface area (Å²) in [6.07, 6.45) is 4.01. The predicted octanol–water partition coefficient (Wildman–Crippen LogP) is 0.239. The third-order valence-electron chi connectivity index (χ3n) is 3.43. The molecule has 0 amide bonds. The molecule has 94 valence electrons. The molecule has 1 aliphatic rings. The second-order valence-corrected chi connectivity index (χ2v) is 4.93.